The number of pyridine rings is 1. The second-order valence-electron chi connectivity index (χ2n) is 4.79. The molecule has 0 fully saturated rings. The highest BCUT2D eigenvalue weighted by Crippen LogP contribution is 2.16. The zero-order valence-corrected chi connectivity index (χ0v) is 11.4. The summed E-state index contributed by atoms with van der Waals surface area (Å²) in [5.74, 6) is 0.733. The van der Waals surface area contributed by atoms with Crippen LogP contribution in [0.25, 0.3) is 0 Å². The van der Waals surface area contributed by atoms with E-state index >= 15 is 0 Å². The van der Waals surface area contributed by atoms with Crippen LogP contribution in [0.4, 0.5) is 0 Å². The van der Waals surface area contributed by atoms with Gasteiger partial charge >= 0.3 is 0 Å². The van der Waals surface area contributed by atoms with Crippen LogP contribution in [0.15, 0.2) is 18.2 Å². The molecule has 0 unspecified atom stereocenters. The molecule has 16 heavy (non-hydrogen) atoms. The first-order chi connectivity index (χ1) is 7.01. The quantitative estimate of drug-likeness (QED) is 0.797. The van der Waals surface area contributed by atoms with Gasteiger partial charge in [-0.05, 0) is 39.7 Å². The van der Waals surface area contributed by atoms with Crippen LogP contribution in [-0.4, -0.2) is 10.6 Å². The summed E-state index contributed by atoms with van der Waals surface area (Å²) in [7, 11) is 0. The van der Waals surface area contributed by atoms with Gasteiger partial charge in [-0.3, -0.25) is 0 Å². The Bertz CT molecular complexity index is 307. The zero-order valence-electron chi connectivity index (χ0n) is 10.6. The van der Waals surface area contributed by atoms with E-state index in [1.807, 2.05) is 32.9 Å². The third kappa shape index (κ3) is 5.96. The lowest BCUT2D eigenvalue weighted by Crippen LogP contribution is -2.23. The Hall–Kier alpha value is -0.760. The molecule has 0 N–H and O–H groups in total. The van der Waals surface area contributed by atoms with E-state index in [-0.39, 0.29) is 18.0 Å². The monoisotopic (exact) mass is 243 g/mol. The van der Waals surface area contributed by atoms with E-state index in [0.717, 1.165) is 18.0 Å². The minimum Gasteiger partial charge on any atom is -0.472 e. The van der Waals surface area contributed by atoms with Crippen LogP contribution in [-0.2, 0) is 6.42 Å². The molecule has 1 aromatic rings. The third-order valence-electron chi connectivity index (χ3n) is 1.98. The lowest BCUT2D eigenvalue weighted by molar-refractivity contribution is 0.124. The van der Waals surface area contributed by atoms with Crippen LogP contribution < -0.4 is 4.74 Å². The fourth-order valence-electron chi connectivity index (χ4n) is 1.33. The van der Waals surface area contributed by atoms with Gasteiger partial charge in [-0.25, -0.2) is 4.98 Å². The van der Waals surface area contributed by atoms with Gasteiger partial charge in [-0.1, -0.05) is 19.4 Å². The van der Waals surface area contributed by atoms with Crippen LogP contribution in [0.3, 0.4) is 0 Å². The molecule has 0 saturated heterocycles. The summed E-state index contributed by atoms with van der Waals surface area (Å²) in [4.78, 5) is 4.47. The van der Waals surface area contributed by atoms with Gasteiger partial charge in [0.1, 0.15) is 5.60 Å². The van der Waals surface area contributed by atoms with Crippen molar-refractivity contribution in [3.8, 4) is 5.88 Å². The number of aryl methyl sites for hydroxylation is 1. The summed E-state index contributed by atoms with van der Waals surface area (Å²) in [6.07, 6.45) is 3.43. The van der Waals surface area contributed by atoms with Gasteiger partial charge in [-0.2, -0.15) is 0 Å². The van der Waals surface area contributed by atoms with Gasteiger partial charge < -0.3 is 4.74 Å². The number of hydrogen-bond acceptors (Lipinski definition) is 2. The largest absolute Gasteiger partial charge is 0.472 e. The molecule has 92 valence electrons. The van der Waals surface area contributed by atoms with Crippen molar-refractivity contribution in [1.82, 2.24) is 4.98 Å². The SMILES string of the molecule is CCCCc1cccc(OC(C)(C)C)n1.Cl. The summed E-state index contributed by atoms with van der Waals surface area (Å²) in [6, 6.07) is 5.99. The molecule has 0 spiro atoms. The maximum atomic E-state index is 5.71. The molecule has 0 aliphatic heterocycles. The average Bonchev–Trinajstić information content (AvgIpc) is 2.12. The lowest BCUT2D eigenvalue weighted by atomic mass is 10.2. The second-order valence-corrected chi connectivity index (χ2v) is 4.79. The molecule has 0 saturated carbocycles. The highest BCUT2D eigenvalue weighted by atomic mass is 35.5. The van der Waals surface area contributed by atoms with Crippen LogP contribution in [0, 0.1) is 0 Å². The molecule has 2 nitrogen and oxygen atoms in total. The fraction of sp³-hybridized carbons (Fsp3) is 0.615. The maximum Gasteiger partial charge on any atom is 0.213 e. The number of hydrogen-bond donors (Lipinski definition) is 0. The van der Waals surface area contributed by atoms with E-state index in [0.29, 0.717) is 0 Å². The predicted molar refractivity (Wildman–Crippen MR) is 70.5 cm³/mol. The Balaban J connectivity index is 0.00000225. The normalized spacial score (nSPS) is 10.8. The van der Waals surface area contributed by atoms with Gasteiger partial charge in [-0.15, -0.1) is 12.4 Å². The van der Waals surface area contributed by atoms with Crippen molar-refractivity contribution in [2.24, 2.45) is 0 Å². The van der Waals surface area contributed by atoms with Gasteiger partial charge in [0.25, 0.3) is 0 Å². The highest BCUT2D eigenvalue weighted by Gasteiger charge is 2.12. The molecule has 0 aromatic carbocycles. The summed E-state index contributed by atoms with van der Waals surface area (Å²) in [6.45, 7) is 8.30. The van der Waals surface area contributed by atoms with Gasteiger partial charge in [0.05, 0.1) is 0 Å². The molecule has 0 radical (unpaired) electrons. The van der Waals surface area contributed by atoms with Gasteiger partial charge in [0.2, 0.25) is 5.88 Å². The van der Waals surface area contributed by atoms with Gasteiger partial charge in [0.15, 0.2) is 0 Å². The molecule has 0 amide bonds. The Kier molecular flexibility index (Phi) is 6.42. The summed E-state index contributed by atoms with van der Waals surface area (Å²) in [5, 5.41) is 0. The lowest BCUT2D eigenvalue weighted by Gasteiger charge is -2.20. The zero-order chi connectivity index (χ0) is 11.3. The van der Waals surface area contributed by atoms with Gasteiger partial charge in [0, 0.05) is 11.8 Å². The Labute approximate surface area is 105 Å². The smallest absolute Gasteiger partial charge is 0.213 e. The number of ether oxygens (including phenoxy) is 1. The first kappa shape index (κ1) is 15.2. The van der Waals surface area contributed by atoms with Crippen molar-refractivity contribution in [2.75, 3.05) is 0 Å². The van der Waals surface area contributed by atoms with E-state index in [1.165, 1.54) is 12.8 Å². The summed E-state index contributed by atoms with van der Waals surface area (Å²) >= 11 is 0. The van der Waals surface area contributed by atoms with Crippen molar-refractivity contribution in [3.63, 3.8) is 0 Å². The number of unbranched alkanes of at least 4 members (excludes halogenated alkanes) is 1. The third-order valence-corrected chi connectivity index (χ3v) is 1.98. The molecule has 3 heteroatoms. The minimum atomic E-state index is -0.170. The Morgan fingerprint density at radius 2 is 1.94 bits per heavy atom. The van der Waals surface area contributed by atoms with E-state index in [9.17, 15) is 0 Å². The molecular formula is C13H22ClNO. The molecule has 0 aliphatic rings. The Morgan fingerprint density at radius 3 is 2.50 bits per heavy atom. The van der Waals surface area contributed by atoms with Crippen molar-refractivity contribution in [1.29, 1.82) is 0 Å². The van der Waals surface area contributed by atoms with Crippen LogP contribution in [0.1, 0.15) is 46.2 Å². The second kappa shape index (κ2) is 6.74. The van der Waals surface area contributed by atoms with E-state index in [1.54, 1.807) is 0 Å². The molecule has 1 heterocycles. The molecular weight excluding hydrogens is 222 g/mol. The molecule has 0 atom stereocenters. The first-order valence-electron chi connectivity index (χ1n) is 5.66. The number of nitrogens with zero attached hydrogens (tertiary/aromatic N) is 1. The summed E-state index contributed by atoms with van der Waals surface area (Å²) in [5.41, 5.74) is 0.953. The molecule has 0 aliphatic carbocycles. The van der Waals surface area contributed by atoms with Crippen molar-refractivity contribution >= 4 is 12.4 Å². The standard InChI is InChI=1S/C13H21NO.ClH/c1-5-6-8-11-9-7-10-12(14-11)15-13(2,3)4;/h7,9-10H,5-6,8H2,1-4H3;1H. The van der Waals surface area contributed by atoms with Crippen molar-refractivity contribution in [2.45, 2.75) is 52.6 Å². The van der Waals surface area contributed by atoms with E-state index in [2.05, 4.69) is 18.0 Å². The molecule has 1 aromatic heterocycles. The van der Waals surface area contributed by atoms with Crippen LogP contribution >= 0.6 is 12.4 Å². The van der Waals surface area contributed by atoms with E-state index < -0.39 is 0 Å². The topological polar surface area (TPSA) is 22.1 Å². The van der Waals surface area contributed by atoms with Crippen LogP contribution in [0.2, 0.25) is 0 Å². The number of rotatable bonds is 4. The minimum absolute atomic E-state index is 0. The summed E-state index contributed by atoms with van der Waals surface area (Å²) < 4.78 is 5.71. The van der Waals surface area contributed by atoms with E-state index in [4.69, 9.17) is 4.74 Å². The Morgan fingerprint density at radius 1 is 1.25 bits per heavy atom. The van der Waals surface area contributed by atoms with Crippen molar-refractivity contribution in [3.05, 3.63) is 23.9 Å². The first-order valence-corrected chi connectivity index (χ1v) is 5.66. The maximum absolute atomic E-state index is 5.71. The predicted octanol–water partition coefficient (Wildman–Crippen LogP) is 4.02. The van der Waals surface area contributed by atoms with Crippen LogP contribution in [0.5, 0.6) is 5.88 Å². The number of aromatic nitrogens is 1. The number of halogens is 1. The molecule has 0 bridgehead atoms. The van der Waals surface area contributed by atoms with Crippen molar-refractivity contribution < 1.29 is 4.74 Å². The fourth-order valence-corrected chi connectivity index (χ4v) is 1.33. The average molecular weight is 244 g/mol. The highest BCUT2D eigenvalue weighted by molar-refractivity contribution is 5.85. The molecule has 1 rings (SSSR count).